The summed E-state index contributed by atoms with van der Waals surface area (Å²) in [6, 6.07) is 18.6. The number of hydrogen-bond acceptors (Lipinski definition) is 5. The molecule has 1 atom stereocenters. The average molecular weight is 367 g/mol. The number of likely N-dealkylation sites (tertiary alicyclic amines) is 1. The number of amides is 1. The van der Waals surface area contributed by atoms with Gasteiger partial charge in [0.15, 0.2) is 5.78 Å². The number of rotatable bonds is 6. The average Bonchev–Trinajstić information content (AvgIpc) is 3.14. The van der Waals surface area contributed by atoms with E-state index in [1.165, 1.54) is 4.90 Å². The number of carbonyl (C=O) groups excluding carboxylic acids is 3. The summed E-state index contributed by atoms with van der Waals surface area (Å²) < 4.78 is 10.7. The third-order valence-electron chi connectivity index (χ3n) is 4.28. The zero-order chi connectivity index (χ0) is 19.1. The van der Waals surface area contributed by atoms with Crippen LogP contribution in [0.3, 0.4) is 0 Å². The lowest BCUT2D eigenvalue weighted by molar-refractivity contribution is -0.155. The first-order chi connectivity index (χ1) is 13.1. The van der Waals surface area contributed by atoms with Crippen molar-refractivity contribution in [3.63, 3.8) is 0 Å². The number of benzene rings is 2. The number of nitrogens with zero attached hydrogens (tertiary/aromatic N) is 1. The molecular weight excluding hydrogens is 346 g/mol. The molecule has 0 spiro atoms. The fourth-order valence-electron chi connectivity index (χ4n) is 2.81. The summed E-state index contributed by atoms with van der Waals surface area (Å²) in [4.78, 5) is 37.6. The summed E-state index contributed by atoms with van der Waals surface area (Å²) in [6.07, 6.45) is -1.21. The lowest BCUT2D eigenvalue weighted by atomic mass is 10.1. The highest BCUT2D eigenvalue weighted by Gasteiger charge is 2.31. The summed E-state index contributed by atoms with van der Waals surface area (Å²) >= 11 is 0. The standard InChI is InChI=1S/C21H21NO5/c23-18-11-12-22(14-18)21(25)27-19(13-16-7-3-1-4-8-16)20(24)26-15-17-9-5-2-6-10-17/h1-10,19H,11-15H2/t19-/m0/s1. The van der Waals surface area contributed by atoms with Gasteiger partial charge in [-0.25, -0.2) is 9.59 Å². The first kappa shape index (κ1) is 18.6. The summed E-state index contributed by atoms with van der Waals surface area (Å²) in [5.74, 6) is -0.625. The predicted molar refractivity (Wildman–Crippen MR) is 97.9 cm³/mol. The Hall–Kier alpha value is -3.15. The number of Topliss-reactive ketones (excluding diaryl/α,β-unsaturated/α-hetero) is 1. The van der Waals surface area contributed by atoms with Crippen molar-refractivity contribution in [2.75, 3.05) is 13.1 Å². The molecule has 0 aromatic heterocycles. The lowest BCUT2D eigenvalue weighted by Crippen LogP contribution is -2.37. The largest absolute Gasteiger partial charge is 0.458 e. The van der Waals surface area contributed by atoms with Crippen LogP contribution in [0.15, 0.2) is 60.7 Å². The van der Waals surface area contributed by atoms with Gasteiger partial charge in [0.25, 0.3) is 0 Å². The molecule has 1 heterocycles. The van der Waals surface area contributed by atoms with Crippen LogP contribution in [-0.2, 0) is 32.1 Å². The van der Waals surface area contributed by atoms with Crippen molar-refractivity contribution in [3.8, 4) is 0 Å². The second-order valence-electron chi connectivity index (χ2n) is 6.37. The van der Waals surface area contributed by atoms with Gasteiger partial charge in [0.1, 0.15) is 6.61 Å². The summed E-state index contributed by atoms with van der Waals surface area (Å²) in [5, 5.41) is 0. The third-order valence-corrected chi connectivity index (χ3v) is 4.28. The summed E-state index contributed by atoms with van der Waals surface area (Å²) in [6.45, 7) is 0.440. The molecule has 2 aromatic carbocycles. The maximum absolute atomic E-state index is 12.6. The molecule has 0 N–H and O–H groups in total. The molecule has 0 unspecified atom stereocenters. The van der Waals surface area contributed by atoms with Crippen LogP contribution in [0, 0.1) is 0 Å². The lowest BCUT2D eigenvalue weighted by Gasteiger charge is -2.21. The predicted octanol–water partition coefficient (Wildman–Crippen LogP) is 2.75. The Kier molecular flexibility index (Phi) is 6.20. The van der Waals surface area contributed by atoms with Crippen LogP contribution in [-0.4, -0.2) is 41.9 Å². The van der Waals surface area contributed by atoms with Crippen LogP contribution >= 0.6 is 0 Å². The van der Waals surface area contributed by atoms with Gasteiger partial charge in [0.2, 0.25) is 6.10 Å². The number of esters is 1. The van der Waals surface area contributed by atoms with E-state index in [-0.39, 0.29) is 25.4 Å². The van der Waals surface area contributed by atoms with E-state index in [9.17, 15) is 14.4 Å². The van der Waals surface area contributed by atoms with Crippen molar-refractivity contribution < 1.29 is 23.9 Å². The first-order valence-corrected chi connectivity index (χ1v) is 8.83. The van der Waals surface area contributed by atoms with E-state index in [4.69, 9.17) is 9.47 Å². The first-order valence-electron chi connectivity index (χ1n) is 8.83. The highest BCUT2D eigenvalue weighted by atomic mass is 16.6. The number of hydrogen-bond donors (Lipinski definition) is 0. The zero-order valence-corrected chi connectivity index (χ0v) is 14.9. The molecule has 3 rings (SSSR count). The van der Waals surface area contributed by atoms with Crippen molar-refractivity contribution in [2.24, 2.45) is 0 Å². The molecule has 1 aliphatic rings. The number of ether oxygens (including phenoxy) is 2. The highest BCUT2D eigenvalue weighted by molar-refractivity contribution is 5.88. The maximum atomic E-state index is 12.6. The van der Waals surface area contributed by atoms with Gasteiger partial charge >= 0.3 is 12.1 Å². The molecule has 2 aromatic rings. The molecule has 1 aliphatic heterocycles. The minimum absolute atomic E-state index is 0.0155. The van der Waals surface area contributed by atoms with Gasteiger partial charge in [-0.15, -0.1) is 0 Å². The Labute approximate surface area is 157 Å². The Bertz CT molecular complexity index is 791. The van der Waals surface area contributed by atoms with E-state index in [1.54, 1.807) is 0 Å². The molecule has 6 nitrogen and oxygen atoms in total. The van der Waals surface area contributed by atoms with E-state index >= 15 is 0 Å². The van der Waals surface area contributed by atoms with Crippen LogP contribution in [0.4, 0.5) is 4.79 Å². The van der Waals surface area contributed by atoms with E-state index in [0.717, 1.165) is 11.1 Å². The molecule has 1 amide bonds. The van der Waals surface area contributed by atoms with Gasteiger partial charge in [-0.3, -0.25) is 4.79 Å². The fourth-order valence-corrected chi connectivity index (χ4v) is 2.81. The molecule has 27 heavy (non-hydrogen) atoms. The molecule has 1 saturated heterocycles. The second kappa shape index (κ2) is 8.98. The molecule has 140 valence electrons. The highest BCUT2D eigenvalue weighted by Crippen LogP contribution is 2.13. The van der Waals surface area contributed by atoms with Gasteiger partial charge in [-0.05, 0) is 11.1 Å². The minimum atomic E-state index is -1.07. The van der Waals surface area contributed by atoms with E-state index < -0.39 is 18.2 Å². The fraction of sp³-hybridized carbons (Fsp3) is 0.286. The quantitative estimate of drug-likeness (QED) is 0.734. The molecule has 0 bridgehead atoms. The minimum Gasteiger partial charge on any atom is -0.458 e. The van der Waals surface area contributed by atoms with E-state index in [1.807, 2.05) is 60.7 Å². The molecule has 6 heteroatoms. The third kappa shape index (κ3) is 5.41. The van der Waals surface area contributed by atoms with Gasteiger partial charge in [0.05, 0.1) is 6.54 Å². The van der Waals surface area contributed by atoms with Crippen molar-refractivity contribution in [1.82, 2.24) is 4.90 Å². The molecule has 0 radical (unpaired) electrons. The molecule has 0 saturated carbocycles. The van der Waals surface area contributed by atoms with Crippen LogP contribution in [0.2, 0.25) is 0 Å². The Morgan fingerprint density at radius 2 is 1.59 bits per heavy atom. The Morgan fingerprint density at radius 1 is 0.963 bits per heavy atom. The van der Waals surface area contributed by atoms with Gasteiger partial charge in [-0.2, -0.15) is 0 Å². The Morgan fingerprint density at radius 3 is 2.19 bits per heavy atom. The SMILES string of the molecule is O=C1CCN(C(=O)O[C@@H](Cc2ccccc2)C(=O)OCc2ccccc2)C1. The van der Waals surface area contributed by atoms with Crippen LogP contribution in [0.5, 0.6) is 0 Å². The van der Waals surface area contributed by atoms with E-state index in [0.29, 0.717) is 13.0 Å². The van der Waals surface area contributed by atoms with Crippen LogP contribution < -0.4 is 0 Å². The summed E-state index contributed by atoms with van der Waals surface area (Å²) in [7, 11) is 0. The van der Waals surface area contributed by atoms with Crippen molar-refractivity contribution >= 4 is 17.8 Å². The van der Waals surface area contributed by atoms with Gasteiger partial charge < -0.3 is 14.4 Å². The monoisotopic (exact) mass is 367 g/mol. The molecule has 1 fully saturated rings. The molecular formula is C21H21NO5. The molecule has 0 aliphatic carbocycles. The van der Waals surface area contributed by atoms with Gasteiger partial charge in [-0.1, -0.05) is 60.7 Å². The maximum Gasteiger partial charge on any atom is 0.411 e. The van der Waals surface area contributed by atoms with Crippen molar-refractivity contribution in [3.05, 3.63) is 71.8 Å². The van der Waals surface area contributed by atoms with E-state index in [2.05, 4.69) is 0 Å². The number of carbonyl (C=O) groups is 3. The topological polar surface area (TPSA) is 72.9 Å². The van der Waals surface area contributed by atoms with Gasteiger partial charge in [0, 0.05) is 19.4 Å². The van der Waals surface area contributed by atoms with Crippen molar-refractivity contribution in [2.45, 2.75) is 25.6 Å². The number of ketones is 1. The van der Waals surface area contributed by atoms with Crippen LogP contribution in [0.25, 0.3) is 0 Å². The zero-order valence-electron chi connectivity index (χ0n) is 14.9. The smallest absolute Gasteiger partial charge is 0.411 e. The van der Waals surface area contributed by atoms with Crippen molar-refractivity contribution in [1.29, 1.82) is 0 Å². The van der Waals surface area contributed by atoms with Crippen LogP contribution in [0.1, 0.15) is 17.5 Å². The summed E-state index contributed by atoms with van der Waals surface area (Å²) in [5.41, 5.74) is 1.70. The normalized spacial score (nSPS) is 14.7. The second-order valence-corrected chi connectivity index (χ2v) is 6.37. The Balaban J connectivity index is 1.65.